The Bertz CT molecular complexity index is 774. The maximum absolute atomic E-state index is 13.3. The molecule has 6 heteroatoms. The third-order valence-corrected chi connectivity index (χ3v) is 4.81. The van der Waals surface area contributed by atoms with Crippen molar-refractivity contribution < 1.29 is 4.39 Å². The van der Waals surface area contributed by atoms with Crippen LogP contribution < -0.4 is 11.3 Å². The molecule has 0 aliphatic rings. The molecule has 0 saturated carbocycles. The van der Waals surface area contributed by atoms with E-state index in [0.29, 0.717) is 10.9 Å². The molecule has 0 saturated heterocycles. The fourth-order valence-corrected chi connectivity index (χ4v) is 3.44. The number of pyridine rings is 1. The Morgan fingerprint density at radius 2 is 2.19 bits per heavy atom. The third-order valence-electron chi connectivity index (χ3n) is 3.35. The number of halogens is 2. The van der Waals surface area contributed by atoms with E-state index in [4.69, 9.17) is 5.84 Å². The molecule has 1 aromatic carbocycles. The molecule has 3 N–H and O–H groups in total. The van der Waals surface area contributed by atoms with Crippen molar-refractivity contribution in [1.82, 2.24) is 10.4 Å². The van der Waals surface area contributed by atoms with Gasteiger partial charge in [0.2, 0.25) is 0 Å². The van der Waals surface area contributed by atoms with Gasteiger partial charge in [-0.3, -0.25) is 16.3 Å². The van der Waals surface area contributed by atoms with Crippen molar-refractivity contribution in [3.63, 3.8) is 0 Å². The minimum atomic E-state index is -0.266. The zero-order chi connectivity index (χ0) is 14.8. The molecule has 2 heterocycles. The van der Waals surface area contributed by atoms with Gasteiger partial charge in [0.05, 0.1) is 20.7 Å². The van der Waals surface area contributed by atoms with Crippen LogP contribution in [0.25, 0.3) is 10.2 Å². The number of hydrogen-bond donors (Lipinski definition) is 2. The van der Waals surface area contributed by atoms with Gasteiger partial charge >= 0.3 is 0 Å². The minimum Gasteiger partial charge on any atom is -0.271 e. The molecule has 3 aromatic rings. The summed E-state index contributed by atoms with van der Waals surface area (Å²) in [6, 6.07) is 9.01. The summed E-state index contributed by atoms with van der Waals surface area (Å²) in [4.78, 5) is 4.43. The summed E-state index contributed by atoms with van der Waals surface area (Å²) < 4.78 is 14.9. The Morgan fingerprint density at radius 3 is 2.95 bits per heavy atom. The first-order chi connectivity index (χ1) is 10.2. The summed E-state index contributed by atoms with van der Waals surface area (Å²) in [5.41, 5.74) is 5.82. The number of nitrogens with one attached hydrogen (secondary N) is 1. The van der Waals surface area contributed by atoms with Crippen molar-refractivity contribution in [2.45, 2.75) is 12.5 Å². The number of hydrogen-bond acceptors (Lipinski definition) is 4. The number of hydrazine groups is 1. The lowest BCUT2D eigenvalue weighted by Gasteiger charge is -2.16. The van der Waals surface area contributed by atoms with Crippen LogP contribution in [-0.2, 0) is 6.42 Å². The zero-order valence-corrected chi connectivity index (χ0v) is 13.4. The Morgan fingerprint density at radius 1 is 1.33 bits per heavy atom. The monoisotopic (exact) mass is 365 g/mol. The van der Waals surface area contributed by atoms with E-state index in [2.05, 4.69) is 32.4 Å². The first-order valence-corrected chi connectivity index (χ1v) is 8.08. The number of fused-ring (bicyclic) bond motifs is 1. The summed E-state index contributed by atoms with van der Waals surface area (Å²) in [6.07, 6.45) is 2.49. The fraction of sp³-hybridized carbons (Fsp3) is 0.133. The molecule has 1 atom stereocenters. The smallest absolute Gasteiger partial charge is 0.137 e. The number of nitrogens with zero attached hydrogens (tertiary/aromatic N) is 1. The number of thiophene rings is 1. The van der Waals surface area contributed by atoms with Gasteiger partial charge in [0.1, 0.15) is 5.82 Å². The van der Waals surface area contributed by atoms with Gasteiger partial charge in [0, 0.05) is 6.20 Å². The Labute approximate surface area is 134 Å². The minimum absolute atomic E-state index is 0.0682. The molecule has 3 nitrogen and oxygen atoms in total. The molecule has 3 rings (SSSR count). The maximum atomic E-state index is 13.3. The molecule has 0 radical (unpaired) electrons. The van der Waals surface area contributed by atoms with Gasteiger partial charge in [-0.25, -0.2) is 4.39 Å². The van der Waals surface area contributed by atoms with Crippen LogP contribution in [0.4, 0.5) is 4.39 Å². The third kappa shape index (κ3) is 3.13. The van der Waals surface area contributed by atoms with Crippen molar-refractivity contribution in [1.29, 1.82) is 0 Å². The number of rotatable bonds is 4. The molecule has 0 aliphatic heterocycles. The molecule has 0 aliphatic carbocycles. The van der Waals surface area contributed by atoms with E-state index in [-0.39, 0.29) is 11.9 Å². The molecule has 0 spiro atoms. The Balaban J connectivity index is 1.88. The molecular formula is C15H13BrFN3S. The van der Waals surface area contributed by atoms with Gasteiger partial charge in [0.25, 0.3) is 0 Å². The van der Waals surface area contributed by atoms with Crippen LogP contribution >= 0.6 is 27.3 Å². The maximum Gasteiger partial charge on any atom is 0.137 e. The van der Waals surface area contributed by atoms with Crippen molar-refractivity contribution in [2.24, 2.45) is 5.84 Å². The van der Waals surface area contributed by atoms with Crippen molar-refractivity contribution >= 4 is 37.5 Å². The van der Waals surface area contributed by atoms with Crippen molar-refractivity contribution in [3.05, 3.63) is 63.3 Å². The van der Waals surface area contributed by atoms with Crippen LogP contribution in [0.3, 0.4) is 0 Å². The Hall–Kier alpha value is -1.34. The molecule has 108 valence electrons. The van der Waals surface area contributed by atoms with Crippen LogP contribution in [0, 0.1) is 5.82 Å². The fourth-order valence-electron chi connectivity index (χ4n) is 2.23. The van der Waals surface area contributed by atoms with E-state index < -0.39 is 0 Å². The second-order valence-electron chi connectivity index (χ2n) is 4.74. The van der Waals surface area contributed by atoms with Gasteiger partial charge in [-0.15, -0.1) is 11.3 Å². The van der Waals surface area contributed by atoms with Crippen LogP contribution in [0.1, 0.15) is 17.2 Å². The van der Waals surface area contributed by atoms with E-state index in [0.717, 1.165) is 21.3 Å². The first-order valence-electron chi connectivity index (χ1n) is 6.40. The standard InChI is InChI=1S/C15H13BrFN3S/c16-11-5-9(1-2-12(11)17)6-14(20-18)10-7-15-13(19-8-10)3-4-21-15/h1-5,7-8,14,20H,6,18H2. The van der Waals surface area contributed by atoms with Crippen LogP contribution in [-0.4, -0.2) is 4.98 Å². The molecule has 21 heavy (non-hydrogen) atoms. The summed E-state index contributed by atoms with van der Waals surface area (Å²) in [6.45, 7) is 0. The van der Waals surface area contributed by atoms with Crippen LogP contribution in [0.15, 0.2) is 46.4 Å². The van der Waals surface area contributed by atoms with E-state index in [1.807, 2.05) is 17.6 Å². The molecular weight excluding hydrogens is 353 g/mol. The molecule has 1 unspecified atom stereocenters. The number of aromatic nitrogens is 1. The zero-order valence-electron chi connectivity index (χ0n) is 11.0. The van der Waals surface area contributed by atoms with Gasteiger partial charge in [0.15, 0.2) is 0 Å². The van der Waals surface area contributed by atoms with Gasteiger partial charge in [-0.1, -0.05) is 6.07 Å². The summed E-state index contributed by atoms with van der Waals surface area (Å²) in [7, 11) is 0. The summed E-state index contributed by atoms with van der Waals surface area (Å²) in [5.74, 6) is 5.41. The second-order valence-corrected chi connectivity index (χ2v) is 6.55. The highest BCUT2D eigenvalue weighted by molar-refractivity contribution is 9.10. The van der Waals surface area contributed by atoms with E-state index >= 15 is 0 Å². The Kier molecular flexibility index (Phi) is 4.30. The lowest BCUT2D eigenvalue weighted by Crippen LogP contribution is -2.29. The molecule has 0 fully saturated rings. The topological polar surface area (TPSA) is 50.9 Å². The predicted octanol–water partition coefficient (Wildman–Crippen LogP) is 3.95. The van der Waals surface area contributed by atoms with Crippen LogP contribution in [0.2, 0.25) is 0 Å². The largest absolute Gasteiger partial charge is 0.271 e. The van der Waals surface area contributed by atoms with Gasteiger partial charge < -0.3 is 0 Å². The van der Waals surface area contributed by atoms with Gasteiger partial charge in [-0.05, 0) is 63.1 Å². The molecule has 0 bridgehead atoms. The van der Waals surface area contributed by atoms with E-state index in [9.17, 15) is 4.39 Å². The first kappa shape index (κ1) is 14.6. The van der Waals surface area contributed by atoms with E-state index in [1.54, 1.807) is 23.5 Å². The number of nitrogens with two attached hydrogens (primary N) is 1. The summed E-state index contributed by atoms with van der Waals surface area (Å²) >= 11 is 4.86. The highest BCUT2D eigenvalue weighted by Crippen LogP contribution is 2.25. The lowest BCUT2D eigenvalue weighted by molar-refractivity contribution is 0.549. The SMILES string of the molecule is NNC(Cc1ccc(F)c(Br)c1)c1cnc2ccsc2c1. The van der Waals surface area contributed by atoms with Crippen LogP contribution in [0.5, 0.6) is 0 Å². The molecule has 0 amide bonds. The molecule has 2 aromatic heterocycles. The normalized spacial score (nSPS) is 12.7. The quantitative estimate of drug-likeness (QED) is 0.543. The summed E-state index contributed by atoms with van der Waals surface area (Å²) in [5, 5.41) is 2.02. The highest BCUT2D eigenvalue weighted by Gasteiger charge is 2.13. The second kappa shape index (κ2) is 6.19. The van der Waals surface area contributed by atoms with E-state index in [1.165, 1.54) is 6.07 Å². The highest BCUT2D eigenvalue weighted by atomic mass is 79.9. The lowest BCUT2D eigenvalue weighted by atomic mass is 10.0. The average Bonchev–Trinajstić information content (AvgIpc) is 2.95. The predicted molar refractivity (Wildman–Crippen MR) is 87.5 cm³/mol. The van der Waals surface area contributed by atoms with Crippen molar-refractivity contribution in [2.75, 3.05) is 0 Å². The van der Waals surface area contributed by atoms with Gasteiger partial charge in [-0.2, -0.15) is 0 Å². The average molecular weight is 366 g/mol. The van der Waals surface area contributed by atoms with Crippen molar-refractivity contribution in [3.8, 4) is 0 Å². The number of benzene rings is 1.